The van der Waals surface area contributed by atoms with Crippen molar-refractivity contribution in [2.75, 3.05) is 17.2 Å². The lowest BCUT2D eigenvalue weighted by molar-refractivity contribution is -0.142. The number of fused-ring (bicyclic) bond motifs is 3. The summed E-state index contributed by atoms with van der Waals surface area (Å²) >= 11 is 0. The normalized spacial score (nSPS) is 21.3. The van der Waals surface area contributed by atoms with Gasteiger partial charge >= 0.3 is 6.03 Å². The molecule has 2 aliphatic rings. The van der Waals surface area contributed by atoms with Gasteiger partial charge in [-0.15, -0.1) is 0 Å². The van der Waals surface area contributed by atoms with Crippen LogP contribution >= 0.6 is 0 Å². The van der Waals surface area contributed by atoms with E-state index in [0.29, 0.717) is 17.9 Å². The maximum absolute atomic E-state index is 13.9. The highest BCUT2D eigenvalue weighted by Crippen LogP contribution is 2.47. The molecule has 8 nitrogen and oxygen atoms in total. The molecule has 2 heterocycles. The summed E-state index contributed by atoms with van der Waals surface area (Å²) < 4.78 is 53.1. The number of rotatable bonds is 7. The fourth-order valence-corrected chi connectivity index (χ4v) is 4.97. The predicted octanol–water partition coefficient (Wildman–Crippen LogP) is 4.45. The number of hydrogen-bond donors (Lipinski definition) is 4. The van der Waals surface area contributed by atoms with E-state index in [1.54, 1.807) is 24.3 Å². The van der Waals surface area contributed by atoms with Crippen LogP contribution in [0.15, 0.2) is 60.7 Å². The fourth-order valence-electron chi connectivity index (χ4n) is 4.97. The van der Waals surface area contributed by atoms with E-state index in [1.807, 2.05) is 0 Å². The van der Waals surface area contributed by atoms with Crippen molar-refractivity contribution < 1.29 is 37.3 Å². The van der Waals surface area contributed by atoms with Gasteiger partial charge in [0.1, 0.15) is 35.4 Å². The van der Waals surface area contributed by atoms with Gasteiger partial charge in [-0.05, 0) is 55.0 Å². The number of urea groups is 1. The van der Waals surface area contributed by atoms with Gasteiger partial charge in [0.25, 0.3) is 0 Å². The van der Waals surface area contributed by atoms with Crippen LogP contribution in [0.2, 0.25) is 0 Å². The van der Waals surface area contributed by atoms with Crippen LogP contribution in [0.3, 0.4) is 0 Å². The highest BCUT2D eigenvalue weighted by Gasteiger charge is 2.46. The van der Waals surface area contributed by atoms with E-state index in [2.05, 4.69) is 16.0 Å². The van der Waals surface area contributed by atoms with E-state index in [1.165, 1.54) is 18.2 Å². The third kappa shape index (κ3) is 5.99. The maximum atomic E-state index is 13.9. The zero-order valence-electron chi connectivity index (χ0n) is 20.6. The molecule has 204 valence electrons. The Morgan fingerprint density at radius 3 is 2.59 bits per heavy atom. The van der Waals surface area contributed by atoms with Gasteiger partial charge in [-0.2, -0.15) is 0 Å². The Morgan fingerprint density at radius 1 is 0.974 bits per heavy atom. The minimum absolute atomic E-state index is 0.0263. The molecule has 3 aromatic carbocycles. The van der Waals surface area contributed by atoms with Crippen molar-refractivity contribution in [2.45, 2.75) is 43.6 Å². The molecule has 39 heavy (non-hydrogen) atoms. The summed E-state index contributed by atoms with van der Waals surface area (Å²) in [5, 5.41) is 17.7. The summed E-state index contributed by atoms with van der Waals surface area (Å²) in [6.07, 6.45) is -1.43. The lowest BCUT2D eigenvalue weighted by Crippen LogP contribution is -2.47. The first-order valence-electron chi connectivity index (χ1n) is 12.4. The topological polar surface area (TPSA) is 109 Å². The molecule has 11 heteroatoms. The third-order valence-corrected chi connectivity index (χ3v) is 6.78. The summed E-state index contributed by atoms with van der Waals surface area (Å²) in [7, 11) is 0. The number of para-hydroxylation sites is 1. The van der Waals surface area contributed by atoms with Crippen LogP contribution in [0.25, 0.3) is 0 Å². The minimum atomic E-state index is -0.699. The average Bonchev–Trinajstić information content (AvgIpc) is 3.28. The van der Waals surface area contributed by atoms with E-state index < -0.39 is 47.7 Å². The molecule has 0 aromatic heterocycles. The molecule has 0 aliphatic carbocycles. The van der Waals surface area contributed by atoms with Gasteiger partial charge in [0.2, 0.25) is 5.91 Å². The summed E-state index contributed by atoms with van der Waals surface area (Å²) in [5.74, 6) is -1.88. The number of benzene rings is 3. The number of halogens is 3. The number of aliphatic hydroxyl groups is 1. The number of carbonyl (C=O) groups is 2. The van der Waals surface area contributed by atoms with Crippen molar-refractivity contribution in [3.63, 3.8) is 0 Å². The van der Waals surface area contributed by atoms with E-state index in [9.17, 15) is 27.9 Å². The van der Waals surface area contributed by atoms with Crippen molar-refractivity contribution >= 4 is 23.3 Å². The maximum Gasteiger partial charge on any atom is 0.323 e. The van der Waals surface area contributed by atoms with Crippen LogP contribution < -0.4 is 20.7 Å². The van der Waals surface area contributed by atoms with Crippen LogP contribution in [-0.4, -0.2) is 42.0 Å². The molecule has 5 rings (SSSR count). The number of nitrogens with one attached hydrogen (secondary N) is 3. The summed E-state index contributed by atoms with van der Waals surface area (Å²) in [4.78, 5) is 25.0. The zero-order chi connectivity index (χ0) is 27.5. The Kier molecular flexibility index (Phi) is 7.71. The molecule has 0 saturated carbocycles. The Bertz CT molecular complexity index is 1390. The molecule has 4 N–H and O–H groups in total. The highest BCUT2D eigenvalue weighted by atomic mass is 19.1. The van der Waals surface area contributed by atoms with Gasteiger partial charge in [0.15, 0.2) is 0 Å². The molecule has 0 bridgehead atoms. The molecule has 3 aromatic rings. The first-order chi connectivity index (χ1) is 18.8. The molecule has 0 spiro atoms. The van der Waals surface area contributed by atoms with Crippen molar-refractivity contribution in [2.24, 2.45) is 0 Å². The largest absolute Gasteiger partial charge is 0.487 e. The molecule has 0 unspecified atom stereocenters. The number of hydrogen-bond acceptors (Lipinski definition) is 5. The van der Waals surface area contributed by atoms with Gasteiger partial charge in [0, 0.05) is 29.3 Å². The monoisotopic (exact) mass is 541 g/mol. The van der Waals surface area contributed by atoms with E-state index in [-0.39, 0.29) is 36.7 Å². The SMILES string of the molecule is O=C(C[C@H]1C[C@H]2c3cc(NC(=O)Nc4ccccc4F)ccc3O[C@H]2[C@H](CO)O1)NCc1cc(F)ccc1F. The number of ether oxygens (including phenoxy) is 2. The quantitative estimate of drug-likeness (QED) is 0.354. The predicted molar refractivity (Wildman–Crippen MR) is 136 cm³/mol. The second-order valence-electron chi connectivity index (χ2n) is 9.43. The van der Waals surface area contributed by atoms with Crippen LogP contribution in [0.4, 0.5) is 29.3 Å². The molecular weight excluding hydrogens is 515 g/mol. The van der Waals surface area contributed by atoms with Gasteiger partial charge in [-0.25, -0.2) is 18.0 Å². The van der Waals surface area contributed by atoms with Crippen molar-refractivity contribution in [3.8, 4) is 5.75 Å². The number of anilines is 2. The van der Waals surface area contributed by atoms with E-state index >= 15 is 0 Å². The second-order valence-corrected chi connectivity index (χ2v) is 9.43. The number of amides is 3. The first-order valence-corrected chi connectivity index (χ1v) is 12.4. The van der Waals surface area contributed by atoms with Gasteiger partial charge < -0.3 is 30.5 Å². The van der Waals surface area contributed by atoms with Crippen molar-refractivity contribution in [3.05, 3.63) is 89.2 Å². The van der Waals surface area contributed by atoms with Crippen molar-refractivity contribution in [1.29, 1.82) is 0 Å². The minimum Gasteiger partial charge on any atom is -0.487 e. The first kappa shape index (κ1) is 26.5. The molecule has 1 saturated heterocycles. The lowest BCUT2D eigenvalue weighted by Gasteiger charge is -2.37. The number of carbonyl (C=O) groups excluding carboxylic acids is 2. The van der Waals surface area contributed by atoms with Crippen LogP contribution in [0, 0.1) is 17.5 Å². The highest BCUT2D eigenvalue weighted by molar-refractivity contribution is 6.00. The Morgan fingerprint density at radius 2 is 1.79 bits per heavy atom. The van der Waals surface area contributed by atoms with Gasteiger partial charge in [-0.1, -0.05) is 12.1 Å². The molecule has 2 aliphatic heterocycles. The molecule has 4 atom stereocenters. The van der Waals surface area contributed by atoms with Crippen LogP contribution in [-0.2, 0) is 16.1 Å². The average molecular weight is 542 g/mol. The standard InChI is InChI=1S/C28H26F3N3O5/c29-16-5-7-21(30)15(9-16)13-32-26(36)12-18-11-20-19-10-17(6-8-24(19)39-27(20)25(14-35)38-18)33-28(37)34-23-4-2-1-3-22(23)31/h1-10,18,20,25,27,35H,11-14H2,(H,32,36)(H2,33,34,37)/t18-,20+,25+,27-/m1/s1. The second kappa shape index (κ2) is 11.3. The Hall–Kier alpha value is -4.09. The molecule has 1 fully saturated rings. The van der Waals surface area contributed by atoms with E-state index in [0.717, 1.165) is 23.8 Å². The van der Waals surface area contributed by atoms with Gasteiger partial charge in [-0.3, -0.25) is 4.79 Å². The summed E-state index contributed by atoms with van der Waals surface area (Å²) in [6, 6.07) is 13.3. The lowest BCUT2D eigenvalue weighted by atomic mass is 9.84. The summed E-state index contributed by atoms with van der Waals surface area (Å²) in [6.45, 7) is -0.515. The summed E-state index contributed by atoms with van der Waals surface area (Å²) in [5.41, 5.74) is 1.29. The third-order valence-electron chi connectivity index (χ3n) is 6.78. The molecule has 3 amide bonds. The number of aliphatic hydroxyl groups excluding tert-OH is 1. The smallest absolute Gasteiger partial charge is 0.323 e. The Labute approximate surface area is 222 Å². The van der Waals surface area contributed by atoms with Crippen molar-refractivity contribution in [1.82, 2.24) is 5.32 Å². The molecular formula is C28H26F3N3O5. The van der Waals surface area contributed by atoms with Crippen LogP contribution in [0.5, 0.6) is 5.75 Å². The van der Waals surface area contributed by atoms with Crippen LogP contribution in [0.1, 0.15) is 29.9 Å². The molecule has 0 radical (unpaired) electrons. The van der Waals surface area contributed by atoms with Gasteiger partial charge in [0.05, 0.1) is 24.8 Å². The Balaban J connectivity index is 1.24. The van der Waals surface area contributed by atoms with E-state index in [4.69, 9.17) is 9.47 Å². The zero-order valence-corrected chi connectivity index (χ0v) is 20.6. The fraction of sp³-hybridized carbons (Fsp3) is 0.286.